The molecule has 0 saturated carbocycles. The lowest BCUT2D eigenvalue weighted by Gasteiger charge is -2.40. The van der Waals surface area contributed by atoms with Crippen LogP contribution in [0, 0.1) is 11.8 Å². The molecule has 0 spiro atoms. The molecule has 0 N–H and O–H groups in total. The van der Waals surface area contributed by atoms with Gasteiger partial charge in [0.05, 0.1) is 0 Å². The highest BCUT2D eigenvalue weighted by Crippen LogP contribution is 2.20. The topological polar surface area (TPSA) is 26.8 Å². The zero-order valence-electron chi connectivity index (χ0n) is 15.8. The van der Waals surface area contributed by atoms with Crippen molar-refractivity contribution in [1.82, 2.24) is 14.7 Å². The van der Waals surface area contributed by atoms with E-state index in [9.17, 15) is 4.79 Å². The second-order valence-electron chi connectivity index (χ2n) is 8.19. The first-order valence-corrected chi connectivity index (χ1v) is 9.70. The van der Waals surface area contributed by atoms with E-state index in [1.165, 1.54) is 45.6 Å². The largest absolute Gasteiger partial charge is 0.343 e. The number of carbonyl (C=O) groups excluding carboxylic acids is 1. The number of hydrogen-bond donors (Lipinski definition) is 0. The molecule has 0 aromatic carbocycles. The smallest absolute Gasteiger partial charge is 0.222 e. The van der Waals surface area contributed by atoms with E-state index >= 15 is 0 Å². The van der Waals surface area contributed by atoms with Crippen LogP contribution < -0.4 is 0 Å². The third-order valence-corrected chi connectivity index (χ3v) is 5.56. The van der Waals surface area contributed by atoms with Gasteiger partial charge in [-0.3, -0.25) is 9.69 Å². The Kier molecular flexibility index (Phi) is 7.35. The molecule has 2 heterocycles. The van der Waals surface area contributed by atoms with E-state index in [0.29, 0.717) is 17.9 Å². The number of likely N-dealkylation sites (tertiary alicyclic amines) is 1. The van der Waals surface area contributed by atoms with Gasteiger partial charge in [0.15, 0.2) is 0 Å². The van der Waals surface area contributed by atoms with Crippen molar-refractivity contribution in [2.75, 3.05) is 45.8 Å². The van der Waals surface area contributed by atoms with Gasteiger partial charge in [0.2, 0.25) is 5.91 Å². The van der Waals surface area contributed by atoms with Crippen molar-refractivity contribution < 1.29 is 4.79 Å². The maximum Gasteiger partial charge on any atom is 0.222 e. The van der Waals surface area contributed by atoms with Crippen LogP contribution in [0.1, 0.15) is 53.4 Å². The fourth-order valence-corrected chi connectivity index (χ4v) is 3.76. The first-order chi connectivity index (χ1) is 11.0. The zero-order valence-corrected chi connectivity index (χ0v) is 15.8. The van der Waals surface area contributed by atoms with E-state index in [1.54, 1.807) is 0 Å². The van der Waals surface area contributed by atoms with Gasteiger partial charge in [-0.15, -0.1) is 0 Å². The summed E-state index contributed by atoms with van der Waals surface area (Å²) < 4.78 is 0. The molecule has 2 rings (SSSR count). The summed E-state index contributed by atoms with van der Waals surface area (Å²) in [5.41, 5.74) is 0. The number of carbonyl (C=O) groups is 1. The summed E-state index contributed by atoms with van der Waals surface area (Å²) in [6.07, 6.45) is 4.15. The molecule has 23 heavy (non-hydrogen) atoms. The van der Waals surface area contributed by atoms with Crippen molar-refractivity contribution >= 4 is 5.91 Å². The Labute approximate surface area is 143 Å². The maximum atomic E-state index is 12.2. The van der Waals surface area contributed by atoms with Crippen molar-refractivity contribution in [3.63, 3.8) is 0 Å². The first kappa shape index (κ1) is 18.7. The predicted molar refractivity (Wildman–Crippen MR) is 96.5 cm³/mol. The molecular formula is C19H37N3O. The van der Waals surface area contributed by atoms with Crippen LogP contribution in [0.15, 0.2) is 0 Å². The molecule has 0 bridgehead atoms. The molecule has 2 aliphatic rings. The monoisotopic (exact) mass is 323 g/mol. The van der Waals surface area contributed by atoms with Gasteiger partial charge in [-0.05, 0) is 44.9 Å². The number of piperidine rings is 1. The predicted octanol–water partition coefficient (Wildman–Crippen LogP) is 2.69. The van der Waals surface area contributed by atoms with Crippen LogP contribution in [-0.2, 0) is 4.79 Å². The lowest BCUT2D eigenvalue weighted by atomic mass is 9.95. The lowest BCUT2D eigenvalue weighted by molar-refractivity contribution is -0.133. The standard InChI is InChI=1S/C19H37N3O/c1-16(2)5-6-19(23)22-9-7-18(8-10-22)15-20-11-13-21(14-12-20)17(3)4/h16-18H,5-15H2,1-4H3. The fourth-order valence-electron chi connectivity index (χ4n) is 3.76. The minimum absolute atomic E-state index is 0.377. The van der Waals surface area contributed by atoms with Gasteiger partial charge < -0.3 is 9.80 Å². The average molecular weight is 324 g/mol. The van der Waals surface area contributed by atoms with E-state index in [0.717, 1.165) is 31.8 Å². The number of amides is 1. The van der Waals surface area contributed by atoms with Crippen LogP contribution in [0.3, 0.4) is 0 Å². The van der Waals surface area contributed by atoms with Crippen molar-refractivity contribution in [1.29, 1.82) is 0 Å². The first-order valence-electron chi connectivity index (χ1n) is 9.70. The Morgan fingerprint density at radius 2 is 1.57 bits per heavy atom. The Bertz CT molecular complexity index is 354. The van der Waals surface area contributed by atoms with Crippen molar-refractivity contribution in [2.45, 2.75) is 59.4 Å². The van der Waals surface area contributed by atoms with E-state index in [-0.39, 0.29) is 0 Å². The Morgan fingerprint density at radius 3 is 2.09 bits per heavy atom. The van der Waals surface area contributed by atoms with Crippen LogP contribution in [-0.4, -0.2) is 72.5 Å². The maximum absolute atomic E-state index is 12.2. The van der Waals surface area contributed by atoms with Gasteiger partial charge in [0.25, 0.3) is 0 Å². The third kappa shape index (κ3) is 6.07. The number of nitrogens with zero attached hydrogens (tertiary/aromatic N) is 3. The minimum atomic E-state index is 0.377. The quantitative estimate of drug-likeness (QED) is 0.752. The molecule has 2 fully saturated rings. The molecule has 4 nitrogen and oxygen atoms in total. The molecule has 2 aliphatic heterocycles. The summed E-state index contributed by atoms with van der Waals surface area (Å²) >= 11 is 0. The Balaban J connectivity index is 1.64. The molecule has 0 aromatic heterocycles. The van der Waals surface area contributed by atoms with E-state index in [2.05, 4.69) is 42.4 Å². The zero-order chi connectivity index (χ0) is 16.8. The highest BCUT2D eigenvalue weighted by molar-refractivity contribution is 5.76. The summed E-state index contributed by atoms with van der Waals surface area (Å²) in [5, 5.41) is 0. The highest BCUT2D eigenvalue weighted by atomic mass is 16.2. The molecule has 1 amide bonds. The molecule has 0 atom stereocenters. The van der Waals surface area contributed by atoms with Gasteiger partial charge >= 0.3 is 0 Å². The second kappa shape index (κ2) is 9.03. The van der Waals surface area contributed by atoms with Crippen LogP contribution >= 0.6 is 0 Å². The van der Waals surface area contributed by atoms with E-state index < -0.39 is 0 Å². The van der Waals surface area contributed by atoms with Gasteiger partial charge in [0, 0.05) is 58.3 Å². The Hall–Kier alpha value is -0.610. The molecule has 0 aliphatic carbocycles. The van der Waals surface area contributed by atoms with Crippen molar-refractivity contribution in [2.24, 2.45) is 11.8 Å². The summed E-state index contributed by atoms with van der Waals surface area (Å²) in [7, 11) is 0. The normalized spacial score (nSPS) is 22.3. The van der Waals surface area contributed by atoms with Gasteiger partial charge in [-0.25, -0.2) is 0 Å². The summed E-state index contributed by atoms with van der Waals surface area (Å²) in [4.78, 5) is 19.5. The number of rotatable bonds is 6. The van der Waals surface area contributed by atoms with E-state index in [1.807, 2.05) is 0 Å². The summed E-state index contributed by atoms with van der Waals surface area (Å²) in [6, 6.07) is 0.678. The van der Waals surface area contributed by atoms with Crippen molar-refractivity contribution in [3.8, 4) is 0 Å². The molecule has 0 unspecified atom stereocenters. The second-order valence-corrected chi connectivity index (χ2v) is 8.19. The third-order valence-electron chi connectivity index (χ3n) is 5.56. The van der Waals surface area contributed by atoms with Crippen LogP contribution in [0.5, 0.6) is 0 Å². The number of hydrogen-bond acceptors (Lipinski definition) is 3. The highest BCUT2D eigenvalue weighted by Gasteiger charge is 2.26. The van der Waals surface area contributed by atoms with Crippen LogP contribution in [0.2, 0.25) is 0 Å². The van der Waals surface area contributed by atoms with Gasteiger partial charge in [0.1, 0.15) is 0 Å². The molecule has 2 saturated heterocycles. The molecule has 134 valence electrons. The molecule has 0 aromatic rings. The van der Waals surface area contributed by atoms with Crippen LogP contribution in [0.4, 0.5) is 0 Å². The van der Waals surface area contributed by atoms with Crippen LogP contribution in [0.25, 0.3) is 0 Å². The SMILES string of the molecule is CC(C)CCC(=O)N1CCC(CN2CCN(C(C)C)CC2)CC1. The summed E-state index contributed by atoms with van der Waals surface area (Å²) in [5.74, 6) is 1.79. The fraction of sp³-hybridized carbons (Fsp3) is 0.947. The molecule has 0 radical (unpaired) electrons. The summed E-state index contributed by atoms with van der Waals surface area (Å²) in [6.45, 7) is 17.0. The lowest BCUT2D eigenvalue weighted by Crippen LogP contribution is -2.50. The minimum Gasteiger partial charge on any atom is -0.343 e. The number of piperazine rings is 1. The van der Waals surface area contributed by atoms with Gasteiger partial charge in [-0.1, -0.05) is 13.8 Å². The molecular weight excluding hydrogens is 286 g/mol. The van der Waals surface area contributed by atoms with Crippen molar-refractivity contribution in [3.05, 3.63) is 0 Å². The van der Waals surface area contributed by atoms with E-state index in [4.69, 9.17) is 0 Å². The average Bonchev–Trinajstić information content (AvgIpc) is 2.54. The Morgan fingerprint density at radius 1 is 0.957 bits per heavy atom. The van der Waals surface area contributed by atoms with Gasteiger partial charge in [-0.2, -0.15) is 0 Å². The molecule has 4 heteroatoms.